The van der Waals surface area contributed by atoms with Crippen molar-refractivity contribution in [3.63, 3.8) is 0 Å². The summed E-state index contributed by atoms with van der Waals surface area (Å²) in [5.41, 5.74) is -0.448. The van der Waals surface area contributed by atoms with Gasteiger partial charge in [0, 0.05) is 32.7 Å². The predicted molar refractivity (Wildman–Crippen MR) is 101 cm³/mol. The Morgan fingerprint density at radius 1 is 1.23 bits per heavy atom. The van der Waals surface area contributed by atoms with Gasteiger partial charge in [-0.3, -0.25) is 4.99 Å². The number of guanidine groups is 1. The van der Waals surface area contributed by atoms with Gasteiger partial charge in [0.2, 0.25) is 0 Å². The van der Waals surface area contributed by atoms with E-state index in [9.17, 15) is 4.79 Å². The lowest BCUT2D eigenvalue weighted by Gasteiger charge is -2.21. The second-order valence-electron chi connectivity index (χ2n) is 6.21. The number of rotatable bonds is 5. The lowest BCUT2D eigenvalue weighted by Crippen LogP contribution is -2.39. The predicted octanol–water partition coefficient (Wildman–Crippen LogP) is 2.58. The average Bonchev–Trinajstić information content (AvgIpc) is 2.88. The van der Waals surface area contributed by atoms with E-state index in [0.29, 0.717) is 13.1 Å². The van der Waals surface area contributed by atoms with Gasteiger partial charge in [0.1, 0.15) is 5.60 Å². The van der Waals surface area contributed by atoms with Crippen molar-refractivity contribution >= 4 is 36.0 Å². The molecule has 7 heteroatoms. The number of likely N-dealkylation sites (tertiary alicyclic amines) is 1. The molecule has 1 aliphatic rings. The van der Waals surface area contributed by atoms with E-state index in [1.807, 2.05) is 20.8 Å². The Kier molecular flexibility index (Phi) is 10.5. The number of carbonyl (C=O) groups is 1. The molecule has 0 aromatic heterocycles. The van der Waals surface area contributed by atoms with Crippen LogP contribution in [-0.4, -0.2) is 55.3 Å². The van der Waals surface area contributed by atoms with Crippen LogP contribution in [-0.2, 0) is 4.74 Å². The second-order valence-corrected chi connectivity index (χ2v) is 6.21. The van der Waals surface area contributed by atoms with Gasteiger partial charge in [-0.2, -0.15) is 0 Å². The lowest BCUT2D eigenvalue weighted by atomic mass is 10.2. The minimum absolute atomic E-state index is 0. The van der Waals surface area contributed by atoms with E-state index in [2.05, 4.69) is 27.4 Å². The molecule has 1 saturated heterocycles. The van der Waals surface area contributed by atoms with Gasteiger partial charge >= 0.3 is 6.09 Å². The molecule has 1 amide bonds. The topological polar surface area (TPSA) is 66.0 Å². The number of ether oxygens (including phenoxy) is 1. The van der Waals surface area contributed by atoms with Gasteiger partial charge in [0.25, 0.3) is 0 Å². The summed E-state index contributed by atoms with van der Waals surface area (Å²) in [7, 11) is 0. The molecule has 1 fully saturated rings. The molecule has 1 rings (SSSR count). The summed E-state index contributed by atoms with van der Waals surface area (Å²) in [6.45, 7) is 12.0. The molecule has 22 heavy (non-hydrogen) atoms. The van der Waals surface area contributed by atoms with Crippen molar-refractivity contribution in [2.45, 2.75) is 52.6 Å². The molecule has 0 spiro atoms. The van der Waals surface area contributed by atoms with Crippen molar-refractivity contribution < 1.29 is 9.53 Å². The van der Waals surface area contributed by atoms with Crippen LogP contribution in [0.15, 0.2) is 4.99 Å². The van der Waals surface area contributed by atoms with Crippen LogP contribution in [0.25, 0.3) is 0 Å². The van der Waals surface area contributed by atoms with E-state index >= 15 is 0 Å². The maximum absolute atomic E-state index is 11.5. The summed E-state index contributed by atoms with van der Waals surface area (Å²) in [5.74, 6) is 0.993. The molecule has 1 heterocycles. The number of nitrogens with one attached hydrogen (secondary N) is 2. The van der Waals surface area contributed by atoms with E-state index in [1.165, 1.54) is 12.8 Å². The van der Waals surface area contributed by atoms with E-state index in [-0.39, 0.29) is 30.1 Å². The summed E-state index contributed by atoms with van der Waals surface area (Å²) < 4.78 is 5.18. The van der Waals surface area contributed by atoms with Crippen molar-refractivity contribution in [3.8, 4) is 0 Å². The summed E-state index contributed by atoms with van der Waals surface area (Å²) >= 11 is 0. The third-order valence-electron chi connectivity index (χ3n) is 3.01. The normalized spacial score (nSPS) is 15.3. The fourth-order valence-corrected chi connectivity index (χ4v) is 2.12. The SMILES string of the molecule is CCNC(=NCCCNC(=O)OC(C)(C)C)N1CCCC1.I. The van der Waals surface area contributed by atoms with Crippen LogP contribution in [0.5, 0.6) is 0 Å². The fraction of sp³-hybridized carbons (Fsp3) is 0.867. The van der Waals surface area contributed by atoms with E-state index in [0.717, 1.165) is 32.0 Å². The Hall–Kier alpha value is -0.730. The van der Waals surface area contributed by atoms with E-state index in [1.54, 1.807) is 0 Å². The first-order valence-electron chi connectivity index (χ1n) is 7.92. The zero-order chi connectivity index (χ0) is 15.7. The van der Waals surface area contributed by atoms with E-state index < -0.39 is 5.60 Å². The average molecular weight is 426 g/mol. The molecule has 0 aliphatic carbocycles. The monoisotopic (exact) mass is 426 g/mol. The molecular formula is C15H31IN4O2. The molecule has 6 nitrogen and oxygen atoms in total. The molecule has 0 aromatic carbocycles. The highest BCUT2D eigenvalue weighted by molar-refractivity contribution is 14.0. The van der Waals surface area contributed by atoms with Gasteiger partial charge in [-0.05, 0) is 47.0 Å². The van der Waals surface area contributed by atoms with Crippen molar-refractivity contribution in [1.82, 2.24) is 15.5 Å². The summed E-state index contributed by atoms with van der Waals surface area (Å²) in [4.78, 5) is 18.4. The van der Waals surface area contributed by atoms with Crippen LogP contribution in [0.3, 0.4) is 0 Å². The van der Waals surface area contributed by atoms with Crippen LogP contribution < -0.4 is 10.6 Å². The van der Waals surface area contributed by atoms with Crippen molar-refractivity contribution in [3.05, 3.63) is 0 Å². The van der Waals surface area contributed by atoms with Crippen LogP contribution in [0.4, 0.5) is 4.79 Å². The van der Waals surface area contributed by atoms with Crippen LogP contribution in [0, 0.1) is 0 Å². The van der Waals surface area contributed by atoms with Crippen molar-refractivity contribution in [1.29, 1.82) is 0 Å². The summed E-state index contributed by atoms with van der Waals surface area (Å²) in [5, 5.41) is 6.07. The number of amides is 1. The molecule has 0 radical (unpaired) electrons. The van der Waals surface area contributed by atoms with Crippen LogP contribution in [0.2, 0.25) is 0 Å². The Labute approximate surface area is 151 Å². The molecule has 1 aliphatic heterocycles. The maximum Gasteiger partial charge on any atom is 0.407 e. The first-order valence-corrected chi connectivity index (χ1v) is 7.92. The number of alkyl carbamates (subject to hydrolysis) is 1. The lowest BCUT2D eigenvalue weighted by molar-refractivity contribution is 0.0527. The molecule has 0 saturated carbocycles. The highest BCUT2D eigenvalue weighted by Gasteiger charge is 2.16. The largest absolute Gasteiger partial charge is 0.444 e. The van der Waals surface area contributed by atoms with Crippen LogP contribution >= 0.6 is 24.0 Å². The minimum Gasteiger partial charge on any atom is -0.444 e. The highest BCUT2D eigenvalue weighted by Crippen LogP contribution is 2.08. The quantitative estimate of drug-likeness (QED) is 0.307. The summed E-state index contributed by atoms with van der Waals surface area (Å²) in [6.07, 6.45) is 2.93. The molecular weight excluding hydrogens is 395 g/mol. The molecule has 130 valence electrons. The second kappa shape index (κ2) is 10.9. The number of hydrogen-bond donors (Lipinski definition) is 2. The maximum atomic E-state index is 11.5. The first-order chi connectivity index (χ1) is 9.92. The molecule has 0 bridgehead atoms. The summed E-state index contributed by atoms with van der Waals surface area (Å²) in [6, 6.07) is 0. The molecule has 0 unspecified atom stereocenters. The standard InChI is InChI=1S/C15H30N4O2.HI/c1-5-16-13(19-11-6-7-12-19)17-9-8-10-18-14(20)21-15(2,3)4;/h5-12H2,1-4H3,(H,16,17)(H,18,20);1H. The van der Waals surface area contributed by atoms with E-state index in [4.69, 9.17) is 4.74 Å². The third kappa shape index (κ3) is 9.32. The van der Waals surface area contributed by atoms with Gasteiger partial charge in [0.15, 0.2) is 5.96 Å². The Morgan fingerprint density at radius 2 is 1.86 bits per heavy atom. The van der Waals surface area contributed by atoms with Gasteiger partial charge in [0.05, 0.1) is 0 Å². The number of nitrogens with zero attached hydrogens (tertiary/aromatic N) is 2. The fourth-order valence-electron chi connectivity index (χ4n) is 2.12. The number of aliphatic imine (C=N–C) groups is 1. The number of halogens is 1. The van der Waals surface area contributed by atoms with Gasteiger partial charge < -0.3 is 20.3 Å². The first kappa shape index (κ1) is 21.3. The van der Waals surface area contributed by atoms with Gasteiger partial charge in [-0.25, -0.2) is 4.79 Å². The smallest absolute Gasteiger partial charge is 0.407 e. The molecule has 2 N–H and O–H groups in total. The zero-order valence-electron chi connectivity index (χ0n) is 14.3. The molecule has 0 aromatic rings. The number of carbonyl (C=O) groups excluding carboxylic acids is 1. The number of hydrogen-bond acceptors (Lipinski definition) is 3. The Bertz CT molecular complexity index is 350. The Balaban J connectivity index is 0.00000441. The van der Waals surface area contributed by atoms with Crippen molar-refractivity contribution in [2.24, 2.45) is 4.99 Å². The Morgan fingerprint density at radius 3 is 2.41 bits per heavy atom. The minimum atomic E-state index is -0.448. The highest BCUT2D eigenvalue weighted by atomic mass is 127. The van der Waals surface area contributed by atoms with Gasteiger partial charge in [-0.1, -0.05) is 0 Å². The van der Waals surface area contributed by atoms with Crippen LogP contribution in [0.1, 0.15) is 47.0 Å². The molecule has 0 atom stereocenters. The zero-order valence-corrected chi connectivity index (χ0v) is 16.6. The third-order valence-corrected chi connectivity index (χ3v) is 3.01. The van der Waals surface area contributed by atoms with Gasteiger partial charge in [-0.15, -0.1) is 24.0 Å². The van der Waals surface area contributed by atoms with Crippen molar-refractivity contribution in [2.75, 3.05) is 32.7 Å².